The Morgan fingerprint density at radius 1 is 1.40 bits per heavy atom. The summed E-state index contributed by atoms with van der Waals surface area (Å²) in [6.07, 6.45) is 3.44. The first-order valence-corrected chi connectivity index (χ1v) is 10.8. The quantitative estimate of drug-likeness (QED) is 0.220. The minimum Gasteiger partial charge on any atom is -0.532 e. The van der Waals surface area contributed by atoms with Crippen molar-refractivity contribution < 1.29 is 9.16 Å². The van der Waals surface area contributed by atoms with Gasteiger partial charge in [-0.3, -0.25) is 0 Å². The van der Waals surface area contributed by atoms with Crippen LogP contribution in [-0.4, -0.2) is 21.1 Å². The Morgan fingerprint density at radius 2 is 2.10 bits per heavy atom. The second-order valence-electron chi connectivity index (χ2n) is 5.15. The highest BCUT2D eigenvalue weighted by Gasteiger charge is 2.16. The van der Waals surface area contributed by atoms with Crippen LogP contribution in [0.25, 0.3) is 0 Å². The third-order valence-electron chi connectivity index (χ3n) is 2.10. The van der Waals surface area contributed by atoms with Gasteiger partial charge >= 0.3 is 0 Å². The Hall–Kier alpha value is -1.08. The largest absolute Gasteiger partial charge is 0.532 e. The van der Waals surface area contributed by atoms with Crippen molar-refractivity contribution in [2.75, 3.05) is 6.61 Å². The smallest absolute Gasteiger partial charge is 0.244 e. The summed E-state index contributed by atoms with van der Waals surface area (Å²) in [5.41, 5.74) is 0.902. The van der Waals surface area contributed by atoms with Gasteiger partial charge in [0.05, 0.1) is 0 Å². The van der Waals surface area contributed by atoms with Crippen LogP contribution in [0.2, 0.25) is 19.6 Å². The van der Waals surface area contributed by atoms with Crippen molar-refractivity contribution in [3.63, 3.8) is 0 Å². The van der Waals surface area contributed by atoms with Crippen LogP contribution in [0.4, 0.5) is 0 Å². The van der Waals surface area contributed by atoms with Crippen molar-refractivity contribution in [1.82, 2.24) is 0 Å². The van der Waals surface area contributed by atoms with Crippen LogP contribution in [0.5, 0.6) is 5.75 Å². The number of aliphatic imine (C=N–C) groups is 1. The SMILES string of the molecule is C=CCOc1ccc(I)cc1/C=N/C(=C)O[Si](C)(C)C. The van der Waals surface area contributed by atoms with E-state index >= 15 is 0 Å². The van der Waals surface area contributed by atoms with Gasteiger partial charge in [0.2, 0.25) is 8.32 Å². The van der Waals surface area contributed by atoms with Crippen molar-refractivity contribution in [1.29, 1.82) is 0 Å². The van der Waals surface area contributed by atoms with E-state index in [0.717, 1.165) is 14.9 Å². The number of hydrogen-bond acceptors (Lipinski definition) is 3. The van der Waals surface area contributed by atoms with Gasteiger partial charge < -0.3 is 9.16 Å². The molecule has 3 nitrogen and oxygen atoms in total. The summed E-state index contributed by atoms with van der Waals surface area (Å²) in [7, 11) is -1.66. The molecule has 0 aromatic heterocycles. The molecule has 1 aromatic carbocycles. The molecule has 0 N–H and O–H groups in total. The van der Waals surface area contributed by atoms with Gasteiger partial charge in [-0.05, 0) is 67.0 Å². The molecular formula is C15H20INO2Si. The van der Waals surface area contributed by atoms with Gasteiger partial charge in [-0.15, -0.1) is 0 Å². The highest BCUT2D eigenvalue weighted by atomic mass is 127. The van der Waals surface area contributed by atoms with Gasteiger partial charge in [0.15, 0.2) is 5.88 Å². The Labute approximate surface area is 135 Å². The average Bonchev–Trinajstić information content (AvgIpc) is 2.33. The van der Waals surface area contributed by atoms with E-state index in [9.17, 15) is 0 Å². The van der Waals surface area contributed by atoms with E-state index in [4.69, 9.17) is 9.16 Å². The number of ether oxygens (including phenoxy) is 1. The van der Waals surface area contributed by atoms with Crippen molar-refractivity contribution in [2.24, 2.45) is 4.99 Å². The van der Waals surface area contributed by atoms with Crippen molar-refractivity contribution >= 4 is 37.1 Å². The van der Waals surface area contributed by atoms with Crippen LogP contribution in [0, 0.1) is 3.57 Å². The summed E-state index contributed by atoms with van der Waals surface area (Å²) < 4.78 is 12.4. The molecule has 0 amide bonds. The zero-order valence-electron chi connectivity index (χ0n) is 12.1. The lowest BCUT2D eigenvalue weighted by molar-refractivity contribution is 0.362. The summed E-state index contributed by atoms with van der Waals surface area (Å²) in [4.78, 5) is 4.27. The molecule has 0 atom stereocenters. The molecular weight excluding hydrogens is 381 g/mol. The molecule has 0 aliphatic rings. The van der Waals surface area contributed by atoms with Gasteiger partial charge in [0.1, 0.15) is 12.4 Å². The average molecular weight is 401 g/mol. The molecule has 0 fully saturated rings. The maximum atomic E-state index is 5.70. The maximum absolute atomic E-state index is 5.70. The number of rotatable bonds is 7. The predicted octanol–water partition coefficient (Wildman–Crippen LogP) is 4.60. The molecule has 0 aliphatic heterocycles. The molecule has 1 rings (SSSR count). The number of halogens is 1. The van der Waals surface area contributed by atoms with E-state index in [1.807, 2.05) is 18.2 Å². The number of benzene rings is 1. The first-order chi connectivity index (χ1) is 9.31. The van der Waals surface area contributed by atoms with Crippen LogP contribution in [0.3, 0.4) is 0 Å². The number of hydrogen-bond donors (Lipinski definition) is 0. The molecule has 20 heavy (non-hydrogen) atoms. The number of nitrogens with zero attached hydrogens (tertiary/aromatic N) is 1. The lowest BCUT2D eigenvalue weighted by Crippen LogP contribution is -2.24. The van der Waals surface area contributed by atoms with E-state index in [-0.39, 0.29) is 0 Å². The summed E-state index contributed by atoms with van der Waals surface area (Å²) >= 11 is 2.25. The van der Waals surface area contributed by atoms with Crippen LogP contribution >= 0.6 is 22.6 Å². The first kappa shape index (κ1) is 17.0. The molecule has 108 valence electrons. The predicted molar refractivity (Wildman–Crippen MR) is 96.0 cm³/mol. The fourth-order valence-corrected chi connectivity index (χ4v) is 2.70. The lowest BCUT2D eigenvalue weighted by atomic mass is 10.2. The molecule has 0 radical (unpaired) electrons. The fourth-order valence-electron chi connectivity index (χ4n) is 1.42. The second-order valence-corrected chi connectivity index (χ2v) is 10.8. The van der Waals surface area contributed by atoms with Gasteiger partial charge in [-0.25, -0.2) is 4.99 Å². The van der Waals surface area contributed by atoms with E-state index in [1.54, 1.807) is 12.3 Å². The van der Waals surface area contributed by atoms with Crippen LogP contribution < -0.4 is 4.74 Å². The van der Waals surface area contributed by atoms with Gasteiger partial charge in [0.25, 0.3) is 0 Å². The molecule has 0 heterocycles. The Morgan fingerprint density at radius 3 is 2.70 bits per heavy atom. The normalized spacial score (nSPS) is 11.4. The topological polar surface area (TPSA) is 30.8 Å². The zero-order valence-corrected chi connectivity index (χ0v) is 15.3. The van der Waals surface area contributed by atoms with E-state index in [0.29, 0.717) is 12.5 Å². The van der Waals surface area contributed by atoms with Crippen molar-refractivity contribution in [2.45, 2.75) is 19.6 Å². The Balaban J connectivity index is 2.86. The molecule has 0 aliphatic carbocycles. The second kappa shape index (κ2) is 7.63. The lowest BCUT2D eigenvalue weighted by Gasteiger charge is -2.18. The van der Waals surface area contributed by atoms with Crippen LogP contribution in [0.15, 0.2) is 48.3 Å². The fraction of sp³-hybridized carbons (Fsp3) is 0.267. The summed E-state index contributed by atoms with van der Waals surface area (Å²) in [5, 5.41) is 0. The summed E-state index contributed by atoms with van der Waals surface area (Å²) in [5.74, 6) is 1.22. The Kier molecular flexibility index (Phi) is 6.48. The highest BCUT2D eigenvalue weighted by molar-refractivity contribution is 14.1. The zero-order chi connectivity index (χ0) is 15.2. The van der Waals surface area contributed by atoms with E-state index < -0.39 is 8.32 Å². The van der Waals surface area contributed by atoms with Gasteiger partial charge in [0, 0.05) is 15.3 Å². The molecule has 0 bridgehead atoms. The summed E-state index contributed by atoms with van der Waals surface area (Å²) in [6, 6.07) is 5.92. The minimum atomic E-state index is -1.66. The molecule has 0 saturated heterocycles. The van der Waals surface area contributed by atoms with Gasteiger partial charge in [-0.1, -0.05) is 12.7 Å². The van der Waals surface area contributed by atoms with E-state index in [2.05, 4.69) is 60.4 Å². The monoisotopic (exact) mass is 401 g/mol. The van der Waals surface area contributed by atoms with Gasteiger partial charge in [-0.2, -0.15) is 0 Å². The third kappa shape index (κ3) is 6.38. The van der Waals surface area contributed by atoms with Crippen molar-refractivity contribution in [3.05, 3.63) is 52.4 Å². The Bertz CT molecular complexity index is 521. The van der Waals surface area contributed by atoms with Crippen LogP contribution in [-0.2, 0) is 4.43 Å². The standard InChI is InChI=1S/C15H20INO2Si/c1-6-9-18-15-8-7-14(16)10-13(15)11-17-12(2)19-20(3,4)5/h6-8,10-11H,1-2,9H2,3-5H3/b17-11+. The third-order valence-corrected chi connectivity index (χ3v) is 3.62. The minimum absolute atomic E-state index is 0.442. The molecule has 0 unspecified atom stereocenters. The van der Waals surface area contributed by atoms with E-state index in [1.165, 1.54) is 0 Å². The molecule has 0 spiro atoms. The van der Waals surface area contributed by atoms with Crippen molar-refractivity contribution in [3.8, 4) is 5.75 Å². The highest BCUT2D eigenvalue weighted by Crippen LogP contribution is 2.20. The van der Waals surface area contributed by atoms with Crippen LogP contribution in [0.1, 0.15) is 5.56 Å². The maximum Gasteiger partial charge on any atom is 0.244 e. The first-order valence-electron chi connectivity index (χ1n) is 6.27. The molecule has 1 aromatic rings. The molecule has 0 saturated carbocycles. The summed E-state index contributed by atoms with van der Waals surface area (Å²) in [6.45, 7) is 14.2. The molecule has 5 heteroatoms.